The lowest BCUT2D eigenvalue weighted by Gasteiger charge is -2.05. The van der Waals surface area contributed by atoms with Gasteiger partial charge in [-0.15, -0.1) is 10.2 Å². The number of anilines is 1. The number of nitrogens with one attached hydrogen (secondary N) is 1. The largest absolute Gasteiger partial charge is 0.484 e. The third-order valence-corrected chi connectivity index (χ3v) is 3.64. The second kappa shape index (κ2) is 7.15. The summed E-state index contributed by atoms with van der Waals surface area (Å²) in [6.45, 7) is 2.63. The molecule has 5 nitrogen and oxygen atoms in total. The molecule has 0 atom stereocenters. The van der Waals surface area contributed by atoms with Crippen LogP contribution >= 0.6 is 11.6 Å². The Hall–Kier alpha value is -2.53. The van der Waals surface area contributed by atoms with E-state index in [1.165, 1.54) is 0 Å². The molecule has 3 aromatic rings. The van der Waals surface area contributed by atoms with Crippen LogP contribution in [-0.2, 0) is 13.2 Å². The predicted molar refractivity (Wildman–Crippen MR) is 88.6 cm³/mol. The molecule has 0 bridgehead atoms. The zero-order chi connectivity index (χ0) is 16.1. The summed E-state index contributed by atoms with van der Waals surface area (Å²) in [6.07, 6.45) is 0. The molecule has 0 fully saturated rings. The lowest BCUT2D eigenvalue weighted by atomic mass is 10.2. The Labute approximate surface area is 139 Å². The van der Waals surface area contributed by atoms with Crippen LogP contribution in [0.1, 0.15) is 17.3 Å². The number of rotatable bonds is 6. The van der Waals surface area contributed by atoms with Crippen molar-refractivity contribution in [2.45, 2.75) is 20.1 Å². The second-order valence-electron chi connectivity index (χ2n) is 5.01. The zero-order valence-electron chi connectivity index (χ0n) is 12.6. The molecular formula is C17H16ClN3O2. The van der Waals surface area contributed by atoms with Gasteiger partial charge in [-0.3, -0.25) is 0 Å². The van der Waals surface area contributed by atoms with Crippen molar-refractivity contribution in [1.29, 1.82) is 0 Å². The van der Waals surface area contributed by atoms with Gasteiger partial charge in [0.05, 0.1) is 6.54 Å². The fraction of sp³-hybridized carbons (Fsp3) is 0.176. The van der Waals surface area contributed by atoms with Crippen LogP contribution in [-0.4, -0.2) is 10.2 Å². The molecule has 0 aliphatic heterocycles. The van der Waals surface area contributed by atoms with Gasteiger partial charge in [0, 0.05) is 10.7 Å². The summed E-state index contributed by atoms with van der Waals surface area (Å²) >= 11 is 6.09. The topological polar surface area (TPSA) is 60.2 Å². The van der Waals surface area contributed by atoms with Crippen molar-refractivity contribution in [2.75, 3.05) is 5.32 Å². The Kier molecular flexibility index (Phi) is 4.78. The smallest absolute Gasteiger partial charge is 0.253 e. The average Bonchev–Trinajstić information content (AvgIpc) is 3.03. The lowest BCUT2D eigenvalue weighted by Crippen LogP contribution is -1.99. The first-order valence-electron chi connectivity index (χ1n) is 7.20. The van der Waals surface area contributed by atoms with Gasteiger partial charge in [0.1, 0.15) is 5.75 Å². The van der Waals surface area contributed by atoms with Crippen LogP contribution in [0.15, 0.2) is 52.9 Å². The Bertz CT molecular complexity index is 775. The van der Waals surface area contributed by atoms with E-state index in [1.54, 1.807) is 0 Å². The van der Waals surface area contributed by atoms with E-state index in [-0.39, 0.29) is 6.61 Å². The van der Waals surface area contributed by atoms with Gasteiger partial charge in [0.2, 0.25) is 5.89 Å². The van der Waals surface area contributed by atoms with Crippen molar-refractivity contribution in [3.8, 4) is 5.75 Å². The van der Waals surface area contributed by atoms with Gasteiger partial charge in [-0.05, 0) is 36.8 Å². The van der Waals surface area contributed by atoms with Crippen LogP contribution in [0.5, 0.6) is 5.75 Å². The van der Waals surface area contributed by atoms with Gasteiger partial charge < -0.3 is 14.5 Å². The molecule has 0 aliphatic rings. The maximum absolute atomic E-state index is 6.09. The molecule has 1 aromatic heterocycles. The molecule has 3 rings (SSSR count). The molecule has 0 aliphatic carbocycles. The van der Waals surface area contributed by atoms with Crippen molar-refractivity contribution in [3.05, 3.63) is 70.9 Å². The number of ether oxygens (including phenoxy) is 1. The summed E-state index contributed by atoms with van der Waals surface area (Å²) in [4.78, 5) is 0. The average molecular weight is 330 g/mol. The minimum atomic E-state index is 0.243. The van der Waals surface area contributed by atoms with Crippen molar-refractivity contribution in [2.24, 2.45) is 0 Å². The third-order valence-electron chi connectivity index (χ3n) is 3.23. The van der Waals surface area contributed by atoms with E-state index in [0.717, 1.165) is 22.0 Å². The summed E-state index contributed by atoms with van der Waals surface area (Å²) in [5, 5.41) is 11.9. The van der Waals surface area contributed by atoms with Crippen molar-refractivity contribution >= 4 is 17.3 Å². The standard InChI is InChI=1S/C17H16ClN3O2/c1-12-7-8-13(9-15(12)18)19-10-16-20-21-17(23-16)11-22-14-5-3-2-4-6-14/h2-9,19H,10-11H2,1H3. The number of hydrogen-bond donors (Lipinski definition) is 1. The first-order chi connectivity index (χ1) is 11.2. The van der Waals surface area contributed by atoms with E-state index in [0.29, 0.717) is 18.3 Å². The summed E-state index contributed by atoms with van der Waals surface area (Å²) in [5.74, 6) is 1.70. The van der Waals surface area contributed by atoms with Crippen LogP contribution in [0.4, 0.5) is 5.69 Å². The lowest BCUT2D eigenvalue weighted by molar-refractivity contribution is 0.259. The number of halogens is 1. The van der Waals surface area contributed by atoms with Crippen molar-refractivity contribution in [3.63, 3.8) is 0 Å². The molecule has 0 saturated carbocycles. The minimum absolute atomic E-state index is 0.243. The van der Waals surface area contributed by atoms with E-state index >= 15 is 0 Å². The molecule has 0 saturated heterocycles. The van der Waals surface area contributed by atoms with E-state index in [4.69, 9.17) is 20.8 Å². The quantitative estimate of drug-likeness (QED) is 0.733. The number of nitrogens with zero attached hydrogens (tertiary/aromatic N) is 2. The van der Waals surface area contributed by atoms with Gasteiger partial charge in [-0.1, -0.05) is 35.9 Å². The monoisotopic (exact) mass is 329 g/mol. The highest BCUT2D eigenvalue weighted by molar-refractivity contribution is 6.31. The molecule has 1 N–H and O–H groups in total. The molecule has 1 heterocycles. The highest BCUT2D eigenvalue weighted by atomic mass is 35.5. The number of hydrogen-bond acceptors (Lipinski definition) is 5. The van der Waals surface area contributed by atoms with Gasteiger partial charge >= 0.3 is 0 Å². The van der Waals surface area contributed by atoms with Crippen LogP contribution in [0.2, 0.25) is 5.02 Å². The highest BCUT2D eigenvalue weighted by Gasteiger charge is 2.07. The summed E-state index contributed by atoms with van der Waals surface area (Å²) in [7, 11) is 0. The Morgan fingerprint density at radius 2 is 1.87 bits per heavy atom. The molecule has 0 radical (unpaired) electrons. The molecular weight excluding hydrogens is 314 g/mol. The van der Waals surface area contributed by atoms with E-state index in [2.05, 4.69) is 15.5 Å². The number of benzene rings is 2. The van der Waals surface area contributed by atoms with Gasteiger partial charge in [-0.2, -0.15) is 0 Å². The van der Waals surface area contributed by atoms with Crippen molar-refractivity contribution in [1.82, 2.24) is 10.2 Å². The van der Waals surface area contributed by atoms with Crippen LogP contribution in [0.3, 0.4) is 0 Å². The fourth-order valence-corrected chi connectivity index (χ4v) is 2.14. The van der Waals surface area contributed by atoms with Gasteiger partial charge in [-0.25, -0.2) is 0 Å². The first-order valence-corrected chi connectivity index (χ1v) is 7.57. The minimum Gasteiger partial charge on any atom is -0.484 e. The fourth-order valence-electron chi connectivity index (χ4n) is 1.96. The van der Waals surface area contributed by atoms with E-state index in [9.17, 15) is 0 Å². The van der Waals surface area contributed by atoms with E-state index < -0.39 is 0 Å². The molecule has 6 heteroatoms. The van der Waals surface area contributed by atoms with Crippen LogP contribution < -0.4 is 10.1 Å². The number of aromatic nitrogens is 2. The second-order valence-corrected chi connectivity index (χ2v) is 5.42. The summed E-state index contributed by atoms with van der Waals surface area (Å²) < 4.78 is 11.1. The third kappa shape index (κ3) is 4.23. The van der Waals surface area contributed by atoms with Crippen molar-refractivity contribution < 1.29 is 9.15 Å². The van der Waals surface area contributed by atoms with Crippen LogP contribution in [0, 0.1) is 6.92 Å². The first kappa shape index (κ1) is 15.4. The Morgan fingerprint density at radius 3 is 2.65 bits per heavy atom. The highest BCUT2D eigenvalue weighted by Crippen LogP contribution is 2.20. The molecule has 23 heavy (non-hydrogen) atoms. The summed E-state index contributed by atoms with van der Waals surface area (Å²) in [6, 6.07) is 15.3. The zero-order valence-corrected chi connectivity index (χ0v) is 13.4. The van der Waals surface area contributed by atoms with Gasteiger partial charge in [0.25, 0.3) is 5.89 Å². The Morgan fingerprint density at radius 1 is 1.09 bits per heavy atom. The predicted octanol–water partition coefficient (Wildman–Crippen LogP) is 4.22. The van der Waals surface area contributed by atoms with E-state index in [1.807, 2.05) is 55.5 Å². The maximum atomic E-state index is 6.09. The Balaban J connectivity index is 1.53. The normalized spacial score (nSPS) is 10.5. The SMILES string of the molecule is Cc1ccc(NCc2nnc(COc3ccccc3)o2)cc1Cl. The number of para-hydroxylation sites is 1. The molecule has 0 amide bonds. The summed E-state index contributed by atoms with van der Waals surface area (Å²) in [5.41, 5.74) is 1.94. The maximum Gasteiger partial charge on any atom is 0.253 e. The van der Waals surface area contributed by atoms with Crippen LogP contribution in [0.25, 0.3) is 0 Å². The molecule has 118 valence electrons. The molecule has 2 aromatic carbocycles. The molecule has 0 spiro atoms. The number of aryl methyl sites for hydroxylation is 1. The molecule has 0 unspecified atom stereocenters. The van der Waals surface area contributed by atoms with Gasteiger partial charge in [0.15, 0.2) is 6.61 Å².